The second kappa shape index (κ2) is 7.71. The number of nitrogens with zero attached hydrogens (tertiary/aromatic N) is 2. The molecule has 1 aromatic heterocycles. The molecule has 0 amide bonds. The van der Waals surface area contributed by atoms with E-state index in [-0.39, 0.29) is 16.9 Å². The highest BCUT2D eigenvalue weighted by atomic mass is 19.1. The minimum absolute atomic E-state index is 0.230. The number of fused-ring (bicyclic) bond motifs is 1. The van der Waals surface area contributed by atoms with E-state index in [1.54, 1.807) is 0 Å². The zero-order valence-corrected chi connectivity index (χ0v) is 15.5. The molecule has 1 saturated heterocycles. The molecule has 0 saturated carbocycles. The Labute approximate surface area is 167 Å². The van der Waals surface area contributed by atoms with E-state index in [0.717, 1.165) is 29.0 Å². The number of halogens is 3. The Kier molecular flexibility index (Phi) is 5.08. The lowest BCUT2D eigenvalue weighted by molar-refractivity contribution is 0.144. The number of hydrogen-bond donors (Lipinski definition) is 2. The molecule has 0 bridgehead atoms. The van der Waals surface area contributed by atoms with Gasteiger partial charge in [0.05, 0.1) is 17.1 Å². The molecule has 0 aliphatic carbocycles. The molecule has 0 radical (unpaired) electrons. The summed E-state index contributed by atoms with van der Waals surface area (Å²) in [6.07, 6.45) is -0.760. The van der Waals surface area contributed by atoms with Crippen LogP contribution in [-0.4, -0.2) is 42.0 Å². The molecule has 0 spiro atoms. The summed E-state index contributed by atoms with van der Waals surface area (Å²) in [5, 5.41) is 11.6. The molecule has 2 heterocycles. The van der Waals surface area contributed by atoms with Crippen LogP contribution in [0.5, 0.6) is 5.75 Å². The second-order valence-corrected chi connectivity index (χ2v) is 6.69. The van der Waals surface area contributed by atoms with E-state index >= 15 is 4.39 Å². The SMILES string of the molecule is O=C(O)Oc1cn(-c2ccc(F)cc2)c2c(F)c(N3CCNCC3)c(F)cc2c1=O. The molecular formula is C20H16F3N3O4. The molecule has 4 rings (SSSR count). The third kappa shape index (κ3) is 3.45. The highest BCUT2D eigenvalue weighted by Crippen LogP contribution is 2.32. The average Bonchev–Trinajstić information content (AvgIpc) is 2.71. The van der Waals surface area contributed by atoms with Gasteiger partial charge in [-0.1, -0.05) is 0 Å². The second-order valence-electron chi connectivity index (χ2n) is 6.69. The van der Waals surface area contributed by atoms with Crippen molar-refractivity contribution >= 4 is 22.7 Å². The highest BCUT2D eigenvalue weighted by molar-refractivity contribution is 5.87. The Balaban J connectivity index is 2.05. The van der Waals surface area contributed by atoms with Crippen LogP contribution >= 0.6 is 0 Å². The largest absolute Gasteiger partial charge is 0.511 e. The van der Waals surface area contributed by atoms with Crippen LogP contribution in [0, 0.1) is 17.5 Å². The van der Waals surface area contributed by atoms with Crippen molar-refractivity contribution in [1.82, 2.24) is 9.88 Å². The van der Waals surface area contributed by atoms with Gasteiger partial charge in [0.2, 0.25) is 5.43 Å². The lowest BCUT2D eigenvalue weighted by Gasteiger charge is -2.30. The number of aromatic nitrogens is 1. The summed E-state index contributed by atoms with van der Waals surface area (Å²) >= 11 is 0. The Hall–Kier alpha value is -3.53. The number of carboxylic acid groups (broad SMARTS) is 1. The molecule has 0 atom stereocenters. The molecule has 156 valence electrons. The molecule has 2 aromatic carbocycles. The van der Waals surface area contributed by atoms with Crippen LogP contribution in [0.15, 0.2) is 41.3 Å². The number of anilines is 1. The molecule has 2 N–H and O–H groups in total. The van der Waals surface area contributed by atoms with E-state index in [9.17, 15) is 18.4 Å². The summed E-state index contributed by atoms with van der Waals surface area (Å²) in [4.78, 5) is 25.2. The van der Waals surface area contributed by atoms with E-state index in [2.05, 4.69) is 10.1 Å². The number of rotatable bonds is 3. The first kappa shape index (κ1) is 19.8. The summed E-state index contributed by atoms with van der Waals surface area (Å²) in [5.74, 6) is -3.10. The number of carbonyl (C=O) groups is 1. The average molecular weight is 419 g/mol. The van der Waals surface area contributed by atoms with E-state index in [1.165, 1.54) is 17.0 Å². The molecule has 1 aliphatic rings. The van der Waals surface area contributed by atoms with Crippen molar-refractivity contribution in [3.63, 3.8) is 0 Å². The monoisotopic (exact) mass is 419 g/mol. The van der Waals surface area contributed by atoms with Gasteiger partial charge < -0.3 is 24.6 Å². The predicted molar refractivity (Wildman–Crippen MR) is 103 cm³/mol. The van der Waals surface area contributed by atoms with Crippen LogP contribution in [0.2, 0.25) is 0 Å². The zero-order chi connectivity index (χ0) is 21.4. The van der Waals surface area contributed by atoms with Crippen LogP contribution in [0.4, 0.5) is 23.7 Å². The maximum Gasteiger partial charge on any atom is 0.511 e. The number of ether oxygens (including phenoxy) is 1. The Morgan fingerprint density at radius 1 is 1.10 bits per heavy atom. The minimum atomic E-state index is -1.75. The first-order valence-corrected chi connectivity index (χ1v) is 9.06. The lowest BCUT2D eigenvalue weighted by Crippen LogP contribution is -2.44. The molecule has 3 aromatic rings. The predicted octanol–water partition coefficient (Wildman–Crippen LogP) is 2.87. The maximum absolute atomic E-state index is 15.6. The van der Waals surface area contributed by atoms with Crippen molar-refractivity contribution in [1.29, 1.82) is 0 Å². The van der Waals surface area contributed by atoms with Crippen LogP contribution in [0.3, 0.4) is 0 Å². The Morgan fingerprint density at radius 2 is 1.77 bits per heavy atom. The van der Waals surface area contributed by atoms with Gasteiger partial charge in [0, 0.05) is 31.9 Å². The molecule has 10 heteroatoms. The molecule has 0 unspecified atom stereocenters. The zero-order valence-electron chi connectivity index (χ0n) is 15.5. The summed E-state index contributed by atoms with van der Waals surface area (Å²) in [6, 6.07) is 5.74. The first-order valence-electron chi connectivity index (χ1n) is 9.06. The van der Waals surface area contributed by atoms with Crippen molar-refractivity contribution < 1.29 is 27.8 Å². The molecule has 1 aliphatic heterocycles. The normalized spacial score (nSPS) is 14.2. The van der Waals surface area contributed by atoms with Gasteiger partial charge in [0.1, 0.15) is 17.3 Å². The van der Waals surface area contributed by atoms with Gasteiger partial charge in [-0.15, -0.1) is 0 Å². The van der Waals surface area contributed by atoms with E-state index in [0.29, 0.717) is 26.2 Å². The van der Waals surface area contributed by atoms with Crippen molar-refractivity contribution in [2.45, 2.75) is 0 Å². The number of pyridine rings is 1. The quantitative estimate of drug-likeness (QED) is 0.636. The Morgan fingerprint density at radius 3 is 2.40 bits per heavy atom. The van der Waals surface area contributed by atoms with Crippen LogP contribution in [-0.2, 0) is 0 Å². The smallest absolute Gasteiger partial charge is 0.449 e. The Bertz CT molecular complexity index is 1190. The molecule has 7 nitrogen and oxygen atoms in total. The van der Waals surface area contributed by atoms with Gasteiger partial charge in [0.25, 0.3) is 0 Å². The van der Waals surface area contributed by atoms with Crippen LogP contribution in [0.1, 0.15) is 0 Å². The third-order valence-corrected chi connectivity index (χ3v) is 4.86. The summed E-state index contributed by atoms with van der Waals surface area (Å²) in [5.41, 5.74) is -1.30. The minimum Gasteiger partial charge on any atom is -0.449 e. The van der Waals surface area contributed by atoms with Crippen LogP contribution < -0.4 is 20.4 Å². The standard InChI is InChI=1S/C20H16F3N3O4/c21-11-1-3-12(4-2-11)26-10-15(30-20(28)29)19(27)13-9-14(22)18(16(23)17(13)26)25-7-5-24-6-8-25/h1-4,9-10,24H,5-8H2,(H,28,29). The van der Waals surface area contributed by atoms with Crippen molar-refractivity contribution in [2.24, 2.45) is 0 Å². The third-order valence-electron chi connectivity index (χ3n) is 4.86. The topological polar surface area (TPSA) is 83.8 Å². The van der Waals surface area contributed by atoms with Gasteiger partial charge >= 0.3 is 6.16 Å². The first-order chi connectivity index (χ1) is 14.4. The molecule has 30 heavy (non-hydrogen) atoms. The fourth-order valence-electron chi connectivity index (χ4n) is 3.53. The summed E-state index contributed by atoms with van der Waals surface area (Å²) < 4.78 is 49.5. The van der Waals surface area contributed by atoms with Crippen LogP contribution in [0.25, 0.3) is 16.6 Å². The van der Waals surface area contributed by atoms with Gasteiger partial charge in [-0.2, -0.15) is 0 Å². The lowest BCUT2D eigenvalue weighted by atomic mass is 10.1. The fraction of sp³-hybridized carbons (Fsp3) is 0.200. The number of hydrogen-bond acceptors (Lipinski definition) is 5. The van der Waals surface area contributed by atoms with Gasteiger partial charge in [-0.3, -0.25) is 4.79 Å². The van der Waals surface area contributed by atoms with E-state index in [1.807, 2.05) is 0 Å². The number of nitrogens with one attached hydrogen (secondary N) is 1. The molecular weight excluding hydrogens is 403 g/mol. The van der Waals surface area contributed by atoms with Crippen molar-refractivity contribution in [3.8, 4) is 11.4 Å². The van der Waals surface area contributed by atoms with Gasteiger partial charge in [-0.05, 0) is 30.3 Å². The number of benzene rings is 2. The van der Waals surface area contributed by atoms with Crippen molar-refractivity contribution in [2.75, 3.05) is 31.1 Å². The van der Waals surface area contributed by atoms with E-state index in [4.69, 9.17) is 5.11 Å². The van der Waals surface area contributed by atoms with Gasteiger partial charge in [-0.25, -0.2) is 18.0 Å². The van der Waals surface area contributed by atoms with Gasteiger partial charge in [0.15, 0.2) is 11.6 Å². The summed E-state index contributed by atoms with van der Waals surface area (Å²) in [6.45, 7) is 1.79. The summed E-state index contributed by atoms with van der Waals surface area (Å²) in [7, 11) is 0. The maximum atomic E-state index is 15.6. The number of piperazine rings is 1. The fourth-order valence-corrected chi connectivity index (χ4v) is 3.53. The highest BCUT2D eigenvalue weighted by Gasteiger charge is 2.26. The van der Waals surface area contributed by atoms with Crippen molar-refractivity contribution in [3.05, 3.63) is 64.2 Å². The van der Waals surface area contributed by atoms with E-state index < -0.39 is 40.2 Å². The molecule has 1 fully saturated rings.